The summed E-state index contributed by atoms with van der Waals surface area (Å²) in [5.41, 5.74) is 3.08. The highest BCUT2D eigenvalue weighted by Crippen LogP contribution is 2.39. The Morgan fingerprint density at radius 3 is 2.62 bits per heavy atom. The van der Waals surface area contributed by atoms with E-state index in [-0.39, 0.29) is 23.7 Å². The van der Waals surface area contributed by atoms with E-state index in [2.05, 4.69) is 27.1 Å². The highest BCUT2D eigenvalue weighted by Gasteiger charge is 2.41. The zero-order valence-corrected chi connectivity index (χ0v) is 16.4. The van der Waals surface area contributed by atoms with Crippen LogP contribution in [0.25, 0.3) is 0 Å². The van der Waals surface area contributed by atoms with E-state index in [0.717, 1.165) is 12.8 Å². The van der Waals surface area contributed by atoms with Crippen LogP contribution in [-0.4, -0.2) is 29.4 Å². The predicted octanol–water partition coefficient (Wildman–Crippen LogP) is 4.62. The SMILES string of the molecule is Cc1cc(OC(F)F)c(C)cc1N=C1NC(=O)CC2CCC(c3ccccc3)N12. The first-order chi connectivity index (χ1) is 13.9. The summed E-state index contributed by atoms with van der Waals surface area (Å²) in [5.74, 6) is 0.601. The first-order valence-electron chi connectivity index (χ1n) is 9.70. The van der Waals surface area contributed by atoms with Crippen molar-refractivity contribution in [2.24, 2.45) is 4.99 Å². The van der Waals surface area contributed by atoms with Gasteiger partial charge in [-0.2, -0.15) is 8.78 Å². The Balaban J connectivity index is 1.71. The molecule has 4 rings (SSSR count). The number of halogens is 2. The molecule has 0 radical (unpaired) electrons. The largest absolute Gasteiger partial charge is 0.435 e. The van der Waals surface area contributed by atoms with E-state index in [9.17, 15) is 13.6 Å². The van der Waals surface area contributed by atoms with Gasteiger partial charge in [0.2, 0.25) is 11.9 Å². The summed E-state index contributed by atoms with van der Waals surface area (Å²) >= 11 is 0. The van der Waals surface area contributed by atoms with Gasteiger partial charge >= 0.3 is 6.61 Å². The summed E-state index contributed by atoms with van der Waals surface area (Å²) < 4.78 is 29.8. The maximum absolute atomic E-state index is 12.6. The number of carbonyl (C=O) groups is 1. The van der Waals surface area contributed by atoms with Gasteiger partial charge in [0.1, 0.15) is 5.75 Å². The highest BCUT2D eigenvalue weighted by atomic mass is 19.3. The third-order valence-corrected chi connectivity index (χ3v) is 5.54. The normalized spacial score (nSPS) is 22.7. The molecule has 152 valence electrons. The van der Waals surface area contributed by atoms with Crippen molar-refractivity contribution in [1.29, 1.82) is 0 Å². The van der Waals surface area contributed by atoms with E-state index >= 15 is 0 Å². The van der Waals surface area contributed by atoms with Crippen molar-refractivity contribution in [2.75, 3.05) is 0 Å². The average Bonchev–Trinajstić information content (AvgIpc) is 3.10. The molecule has 0 saturated carbocycles. The predicted molar refractivity (Wildman–Crippen MR) is 106 cm³/mol. The Bertz CT molecular complexity index is 947. The molecule has 1 N–H and O–H groups in total. The van der Waals surface area contributed by atoms with E-state index in [4.69, 9.17) is 4.99 Å². The molecule has 0 bridgehead atoms. The summed E-state index contributed by atoms with van der Waals surface area (Å²) in [7, 11) is 0. The summed E-state index contributed by atoms with van der Waals surface area (Å²) in [6, 6.07) is 13.7. The lowest BCUT2D eigenvalue weighted by Crippen LogP contribution is -2.53. The molecule has 1 amide bonds. The summed E-state index contributed by atoms with van der Waals surface area (Å²) in [6.45, 7) is 0.615. The third-order valence-electron chi connectivity index (χ3n) is 5.54. The number of hydrogen-bond donors (Lipinski definition) is 1. The number of amides is 1. The number of fused-ring (bicyclic) bond motifs is 1. The number of nitrogens with one attached hydrogen (secondary N) is 1. The Labute approximate surface area is 168 Å². The maximum Gasteiger partial charge on any atom is 0.387 e. The number of hydrogen-bond acceptors (Lipinski definition) is 3. The summed E-state index contributed by atoms with van der Waals surface area (Å²) in [6.07, 6.45) is 2.31. The second-order valence-electron chi connectivity index (χ2n) is 7.54. The lowest BCUT2D eigenvalue weighted by Gasteiger charge is -2.37. The van der Waals surface area contributed by atoms with Crippen LogP contribution in [-0.2, 0) is 4.79 Å². The molecular weight excluding hydrogens is 376 g/mol. The molecule has 0 aliphatic carbocycles. The quantitative estimate of drug-likeness (QED) is 0.816. The minimum absolute atomic E-state index is 0.0502. The number of aliphatic imine (C=N–C) groups is 1. The van der Waals surface area contributed by atoms with Crippen molar-refractivity contribution in [3.63, 3.8) is 0 Å². The molecule has 2 unspecified atom stereocenters. The van der Waals surface area contributed by atoms with Crippen LogP contribution in [0.2, 0.25) is 0 Å². The third kappa shape index (κ3) is 3.95. The molecular formula is C22H23F2N3O2. The van der Waals surface area contributed by atoms with Gasteiger partial charge in [-0.15, -0.1) is 0 Å². The van der Waals surface area contributed by atoms with Crippen molar-refractivity contribution >= 4 is 17.6 Å². The zero-order valence-electron chi connectivity index (χ0n) is 16.4. The Kier molecular flexibility index (Phi) is 5.22. The molecule has 2 fully saturated rings. The molecule has 2 atom stereocenters. The number of ether oxygens (including phenoxy) is 1. The van der Waals surface area contributed by atoms with E-state index in [0.29, 0.717) is 29.2 Å². The van der Waals surface area contributed by atoms with Gasteiger partial charge in [-0.1, -0.05) is 30.3 Å². The zero-order chi connectivity index (χ0) is 20.5. The van der Waals surface area contributed by atoms with Crippen molar-refractivity contribution in [1.82, 2.24) is 10.2 Å². The molecule has 0 spiro atoms. The summed E-state index contributed by atoms with van der Waals surface area (Å²) in [4.78, 5) is 19.2. The van der Waals surface area contributed by atoms with Gasteiger partial charge in [-0.3, -0.25) is 10.1 Å². The molecule has 2 aromatic carbocycles. The molecule has 29 heavy (non-hydrogen) atoms. The second kappa shape index (κ2) is 7.81. The van der Waals surface area contributed by atoms with Crippen LogP contribution in [0.15, 0.2) is 47.5 Å². The number of benzene rings is 2. The Morgan fingerprint density at radius 2 is 1.90 bits per heavy atom. The number of carbonyl (C=O) groups excluding carboxylic acids is 1. The standard InChI is InChI=1S/C22H23F2N3O2/c1-13-11-19(29-21(23)24)14(2)10-17(13)25-22-26-20(28)12-16-8-9-18(27(16)22)15-6-4-3-5-7-15/h3-7,10-11,16,18,21H,8-9,12H2,1-2H3,(H,25,26,28). The van der Waals surface area contributed by atoms with E-state index in [1.807, 2.05) is 18.2 Å². The molecule has 2 saturated heterocycles. The first-order valence-corrected chi connectivity index (χ1v) is 9.70. The van der Waals surface area contributed by atoms with Gasteiger partial charge in [0.25, 0.3) is 0 Å². The number of rotatable bonds is 4. The number of guanidine groups is 1. The van der Waals surface area contributed by atoms with Crippen LogP contribution in [0.3, 0.4) is 0 Å². The van der Waals surface area contributed by atoms with E-state index < -0.39 is 6.61 Å². The van der Waals surface area contributed by atoms with Gasteiger partial charge in [-0.05, 0) is 55.5 Å². The number of aryl methyl sites for hydroxylation is 2. The van der Waals surface area contributed by atoms with Gasteiger partial charge < -0.3 is 9.64 Å². The van der Waals surface area contributed by atoms with Gasteiger partial charge in [0, 0.05) is 12.5 Å². The maximum atomic E-state index is 12.6. The molecule has 2 heterocycles. The molecule has 7 heteroatoms. The number of alkyl halides is 2. The monoisotopic (exact) mass is 399 g/mol. The van der Waals surface area contributed by atoms with Crippen LogP contribution in [0.5, 0.6) is 5.75 Å². The lowest BCUT2D eigenvalue weighted by molar-refractivity contribution is -0.121. The Morgan fingerprint density at radius 1 is 1.14 bits per heavy atom. The average molecular weight is 399 g/mol. The fourth-order valence-electron chi connectivity index (χ4n) is 4.18. The number of nitrogens with zero attached hydrogens (tertiary/aromatic N) is 2. The minimum Gasteiger partial charge on any atom is -0.435 e. The lowest BCUT2D eigenvalue weighted by atomic mass is 10.1. The fourth-order valence-corrected chi connectivity index (χ4v) is 4.18. The highest BCUT2D eigenvalue weighted by molar-refractivity contribution is 6.01. The summed E-state index contributed by atoms with van der Waals surface area (Å²) in [5, 5.41) is 2.92. The van der Waals surface area contributed by atoms with Crippen LogP contribution in [0, 0.1) is 13.8 Å². The molecule has 2 aliphatic heterocycles. The van der Waals surface area contributed by atoms with Crippen molar-refractivity contribution in [2.45, 2.75) is 51.8 Å². The smallest absolute Gasteiger partial charge is 0.387 e. The Hall–Kier alpha value is -2.96. The van der Waals surface area contributed by atoms with Crippen LogP contribution >= 0.6 is 0 Å². The van der Waals surface area contributed by atoms with Crippen LogP contribution in [0.4, 0.5) is 14.5 Å². The van der Waals surface area contributed by atoms with Crippen molar-refractivity contribution in [3.05, 3.63) is 59.2 Å². The topological polar surface area (TPSA) is 53.9 Å². The minimum atomic E-state index is -2.88. The first kappa shape index (κ1) is 19.4. The van der Waals surface area contributed by atoms with Crippen molar-refractivity contribution in [3.8, 4) is 5.75 Å². The van der Waals surface area contributed by atoms with Gasteiger partial charge in [0.05, 0.1) is 11.7 Å². The van der Waals surface area contributed by atoms with Crippen molar-refractivity contribution < 1.29 is 18.3 Å². The second-order valence-corrected chi connectivity index (χ2v) is 7.54. The van der Waals surface area contributed by atoms with Crippen LogP contribution < -0.4 is 10.1 Å². The van der Waals surface area contributed by atoms with E-state index in [1.54, 1.807) is 26.0 Å². The fraction of sp³-hybridized carbons (Fsp3) is 0.364. The van der Waals surface area contributed by atoms with Gasteiger partial charge in [0.15, 0.2) is 0 Å². The molecule has 5 nitrogen and oxygen atoms in total. The van der Waals surface area contributed by atoms with Gasteiger partial charge in [-0.25, -0.2) is 4.99 Å². The molecule has 2 aliphatic rings. The van der Waals surface area contributed by atoms with E-state index in [1.165, 1.54) is 5.56 Å². The van der Waals surface area contributed by atoms with Crippen LogP contribution in [0.1, 0.15) is 42.0 Å². The molecule has 0 aromatic heterocycles. The molecule has 2 aromatic rings.